The van der Waals surface area contributed by atoms with Crippen LogP contribution in [0.2, 0.25) is 5.02 Å². The Kier molecular flexibility index (Phi) is 6.04. The molecule has 4 nitrogen and oxygen atoms in total. The normalized spacial score (nSPS) is 11.2. The molecule has 2 heterocycles. The minimum Gasteiger partial charge on any atom is -0.494 e. The summed E-state index contributed by atoms with van der Waals surface area (Å²) in [6.45, 7) is 4.65. The van der Waals surface area contributed by atoms with Crippen molar-refractivity contribution in [2.24, 2.45) is 0 Å². The summed E-state index contributed by atoms with van der Waals surface area (Å²) in [6.07, 6.45) is 0.928. The van der Waals surface area contributed by atoms with E-state index in [1.165, 1.54) is 0 Å². The minimum atomic E-state index is -0.0338. The summed E-state index contributed by atoms with van der Waals surface area (Å²) in [5, 5.41) is 1.44. The molecule has 0 unspecified atom stereocenters. The van der Waals surface area contributed by atoms with Crippen LogP contribution >= 0.6 is 34.7 Å². The van der Waals surface area contributed by atoms with Crippen molar-refractivity contribution in [1.29, 1.82) is 0 Å². The quantitative estimate of drug-likeness (QED) is 0.575. The molecular weight excluding hydrogens is 376 g/mol. The van der Waals surface area contributed by atoms with Crippen molar-refractivity contribution in [1.82, 2.24) is 9.97 Å². The van der Waals surface area contributed by atoms with Crippen molar-refractivity contribution in [3.05, 3.63) is 55.9 Å². The highest BCUT2D eigenvalue weighted by molar-refractivity contribution is 7.98. The zero-order valence-electron chi connectivity index (χ0n) is 14.1. The molecule has 0 saturated heterocycles. The number of thioether (sulfide) groups is 1. The maximum atomic E-state index is 12.2. The highest BCUT2D eigenvalue weighted by atomic mass is 35.5. The summed E-state index contributed by atoms with van der Waals surface area (Å²) >= 11 is 9.17. The van der Waals surface area contributed by atoms with Crippen LogP contribution in [-0.2, 0) is 5.75 Å². The molecule has 132 valence electrons. The van der Waals surface area contributed by atoms with Gasteiger partial charge in [0.15, 0.2) is 0 Å². The first-order chi connectivity index (χ1) is 12.0. The van der Waals surface area contributed by atoms with Gasteiger partial charge in [-0.2, -0.15) is 11.8 Å². The molecule has 0 aliphatic heterocycles. The topological polar surface area (TPSA) is 55.0 Å². The first-order valence-corrected chi connectivity index (χ1v) is 10.3. The number of aromatic nitrogens is 2. The van der Waals surface area contributed by atoms with Crippen molar-refractivity contribution in [2.75, 3.05) is 12.4 Å². The molecule has 0 fully saturated rings. The molecule has 0 bridgehead atoms. The Morgan fingerprint density at radius 2 is 2.04 bits per heavy atom. The molecule has 2 aromatic heterocycles. The SMILES string of the molecule is Cc1sc2nc(CSCCCOc3ccc(Cl)cc3)[nH]c(=O)c2c1C. The number of aromatic amines is 1. The van der Waals surface area contributed by atoms with E-state index in [-0.39, 0.29) is 5.56 Å². The van der Waals surface area contributed by atoms with Crippen molar-refractivity contribution < 1.29 is 4.74 Å². The van der Waals surface area contributed by atoms with Crippen LogP contribution in [0.15, 0.2) is 29.1 Å². The van der Waals surface area contributed by atoms with Gasteiger partial charge in [-0.1, -0.05) is 11.6 Å². The van der Waals surface area contributed by atoms with Crippen molar-refractivity contribution in [2.45, 2.75) is 26.0 Å². The smallest absolute Gasteiger partial charge is 0.259 e. The van der Waals surface area contributed by atoms with E-state index in [1.807, 2.05) is 38.1 Å². The van der Waals surface area contributed by atoms with Gasteiger partial charge in [0, 0.05) is 9.90 Å². The Balaban J connectivity index is 1.47. The number of halogens is 1. The second kappa shape index (κ2) is 8.25. The summed E-state index contributed by atoms with van der Waals surface area (Å²) < 4.78 is 5.66. The van der Waals surface area contributed by atoms with Crippen molar-refractivity contribution >= 4 is 44.9 Å². The Morgan fingerprint density at radius 3 is 2.80 bits per heavy atom. The lowest BCUT2D eigenvalue weighted by molar-refractivity contribution is 0.318. The number of H-pyrrole nitrogens is 1. The maximum absolute atomic E-state index is 12.2. The Hall–Kier alpha value is -1.50. The third kappa shape index (κ3) is 4.57. The van der Waals surface area contributed by atoms with Crippen LogP contribution < -0.4 is 10.3 Å². The van der Waals surface area contributed by atoms with E-state index in [0.717, 1.165) is 44.4 Å². The molecule has 25 heavy (non-hydrogen) atoms. The maximum Gasteiger partial charge on any atom is 0.259 e. The Morgan fingerprint density at radius 1 is 1.28 bits per heavy atom. The molecule has 0 amide bonds. The number of benzene rings is 1. The van der Waals surface area contributed by atoms with Crippen LogP contribution in [-0.4, -0.2) is 22.3 Å². The fourth-order valence-electron chi connectivity index (χ4n) is 2.42. The van der Waals surface area contributed by atoms with E-state index in [9.17, 15) is 4.79 Å². The zero-order valence-corrected chi connectivity index (χ0v) is 16.5. The predicted octanol–water partition coefficient (Wildman–Crippen LogP) is 4.96. The molecule has 0 spiro atoms. The molecule has 3 rings (SSSR count). The van der Waals surface area contributed by atoms with Gasteiger partial charge in [-0.05, 0) is 55.9 Å². The van der Waals surface area contributed by atoms with E-state index in [4.69, 9.17) is 16.3 Å². The molecule has 3 aromatic rings. The Bertz CT molecular complexity index is 919. The van der Waals surface area contributed by atoms with E-state index in [0.29, 0.717) is 17.4 Å². The van der Waals surface area contributed by atoms with Gasteiger partial charge in [0.2, 0.25) is 0 Å². The lowest BCUT2D eigenvalue weighted by Crippen LogP contribution is -2.11. The molecule has 7 heteroatoms. The second-order valence-electron chi connectivity index (χ2n) is 5.68. The van der Waals surface area contributed by atoms with E-state index in [2.05, 4.69) is 9.97 Å². The molecule has 0 radical (unpaired) electrons. The number of hydrogen-bond acceptors (Lipinski definition) is 5. The van der Waals surface area contributed by atoms with Gasteiger partial charge in [0.25, 0.3) is 5.56 Å². The largest absolute Gasteiger partial charge is 0.494 e. The fourth-order valence-corrected chi connectivity index (χ4v) is 4.39. The van der Waals surface area contributed by atoms with Crippen LogP contribution in [0.4, 0.5) is 0 Å². The average molecular weight is 395 g/mol. The third-order valence-corrected chi connectivity index (χ3v) is 6.25. The lowest BCUT2D eigenvalue weighted by Gasteiger charge is -2.06. The fraction of sp³-hybridized carbons (Fsp3) is 0.333. The highest BCUT2D eigenvalue weighted by Crippen LogP contribution is 2.26. The lowest BCUT2D eigenvalue weighted by atomic mass is 10.2. The van der Waals surface area contributed by atoms with Gasteiger partial charge in [-0.15, -0.1) is 11.3 Å². The van der Waals surface area contributed by atoms with Crippen molar-refractivity contribution in [3.63, 3.8) is 0 Å². The van der Waals surface area contributed by atoms with Gasteiger partial charge in [0.1, 0.15) is 16.4 Å². The summed E-state index contributed by atoms with van der Waals surface area (Å²) in [7, 11) is 0. The molecule has 0 atom stereocenters. The first-order valence-electron chi connectivity index (χ1n) is 7.99. The van der Waals surface area contributed by atoms with Crippen LogP contribution in [0.25, 0.3) is 10.2 Å². The van der Waals surface area contributed by atoms with Gasteiger partial charge >= 0.3 is 0 Å². The second-order valence-corrected chi connectivity index (χ2v) is 8.43. The molecule has 0 aliphatic rings. The molecular formula is C18H19ClN2O2S2. The number of nitrogens with one attached hydrogen (secondary N) is 1. The van der Waals surface area contributed by atoms with Gasteiger partial charge in [0.05, 0.1) is 17.7 Å². The zero-order chi connectivity index (χ0) is 17.8. The molecule has 0 saturated carbocycles. The number of aryl methyl sites for hydroxylation is 2. The third-order valence-electron chi connectivity index (χ3n) is 3.84. The number of nitrogens with zero attached hydrogens (tertiary/aromatic N) is 1. The monoisotopic (exact) mass is 394 g/mol. The van der Waals surface area contributed by atoms with E-state index >= 15 is 0 Å². The average Bonchev–Trinajstić information content (AvgIpc) is 2.87. The highest BCUT2D eigenvalue weighted by Gasteiger charge is 2.11. The van der Waals surface area contributed by atoms with Crippen LogP contribution in [0.1, 0.15) is 22.7 Å². The first kappa shape index (κ1) is 18.3. The number of fused-ring (bicyclic) bond motifs is 1. The number of thiophene rings is 1. The standard InChI is InChI=1S/C18H19ClN2O2S2/c1-11-12(2)25-18-16(11)17(22)20-15(21-18)10-24-9-3-8-23-14-6-4-13(19)5-7-14/h4-7H,3,8-10H2,1-2H3,(H,20,21,22). The van der Waals surface area contributed by atoms with Gasteiger partial charge < -0.3 is 9.72 Å². The summed E-state index contributed by atoms with van der Waals surface area (Å²) in [5.41, 5.74) is 1.00. The van der Waals surface area contributed by atoms with E-state index < -0.39 is 0 Å². The Labute approximate surface area is 159 Å². The predicted molar refractivity (Wildman–Crippen MR) is 107 cm³/mol. The summed E-state index contributed by atoms with van der Waals surface area (Å²) in [6, 6.07) is 7.37. The van der Waals surface area contributed by atoms with Crippen LogP contribution in [0, 0.1) is 13.8 Å². The van der Waals surface area contributed by atoms with Crippen molar-refractivity contribution in [3.8, 4) is 5.75 Å². The summed E-state index contributed by atoms with van der Waals surface area (Å²) in [4.78, 5) is 21.7. The number of rotatable bonds is 7. The van der Waals surface area contributed by atoms with E-state index in [1.54, 1.807) is 23.1 Å². The number of ether oxygens (including phenoxy) is 1. The van der Waals surface area contributed by atoms with Crippen LogP contribution in [0.3, 0.4) is 0 Å². The van der Waals surface area contributed by atoms with Crippen LogP contribution in [0.5, 0.6) is 5.75 Å². The molecule has 0 aliphatic carbocycles. The van der Waals surface area contributed by atoms with Gasteiger partial charge in [-0.3, -0.25) is 4.79 Å². The molecule has 1 N–H and O–H groups in total. The van der Waals surface area contributed by atoms with Gasteiger partial charge in [-0.25, -0.2) is 4.98 Å². The number of hydrogen-bond donors (Lipinski definition) is 1. The minimum absolute atomic E-state index is 0.0338. The molecule has 1 aromatic carbocycles. The summed E-state index contributed by atoms with van der Waals surface area (Å²) in [5.74, 6) is 3.21.